The molecule has 0 aliphatic carbocycles. The summed E-state index contributed by atoms with van der Waals surface area (Å²) in [5.41, 5.74) is 0. The maximum absolute atomic E-state index is 10.3. The predicted octanol–water partition coefficient (Wildman–Crippen LogP) is 1.86. The molecule has 7 heteroatoms. The summed E-state index contributed by atoms with van der Waals surface area (Å²) >= 11 is 0. The molecular formula is C20H43NO6. The monoisotopic (exact) mass is 393 g/mol. The molecule has 0 aliphatic heterocycles. The SMILES string of the molecule is CCCCCCCCCCCCN(C(O)COCCO)C(O)COCCO. The Hall–Kier alpha value is -0.280. The van der Waals surface area contributed by atoms with Crippen molar-refractivity contribution in [3.63, 3.8) is 0 Å². The molecule has 27 heavy (non-hydrogen) atoms. The molecule has 7 nitrogen and oxygen atoms in total. The van der Waals surface area contributed by atoms with Gasteiger partial charge in [-0.3, -0.25) is 0 Å². The van der Waals surface area contributed by atoms with Gasteiger partial charge in [0.25, 0.3) is 0 Å². The van der Waals surface area contributed by atoms with Crippen molar-refractivity contribution in [2.45, 2.75) is 83.6 Å². The fourth-order valence-corrected chi connectivity index (χ4v) is 2.98. The Bertz CT molecular complexity index is 280. The molecule has 0 rings (SSSR count). The number of aliphatic hydroxyl groups excluding tert-OH is 4. The molecule has 0 aromatic heterocycles. The van der Waals surface area contributed by atoms with Crippen molar-refractivity contribution in [3.8, 4) is 0 Å². The van der Waals surface area contributed by atoms with Gasteiger partial charge in [0, 0.05) is 6.54 Å². The molecule has 4 N–H and O–H groups in total. The zero-order valence-corrected chi connectivity index (χ0v) is 17.2. The molecule has 0 saturated heterocycles. The lowest BCUT2D eigenvalue weighted by atomic mass is 10.1. The molecule has 0 heterocycles. The Kier molecular flexibility index (Phi) is 20.2. The van der Waals surface area contributed by atoms with E-state index in [0.29, 0.717) is 6.54 Å². The number of unbranched alkanes of at least 4 members (excludes halogenated alkanes) is 9. The maximum Gasteiger partial charge on any atom is 0.133 e. The van der Waals surface area contributed by atoms with Gasteiger partial charge in [-0.25, -0.2) is 4.90 Å². The van der Waals surface area contributed by atoms with Gasteiger partial charge in [0.15, 0.2) is 0 Å². The van der Waals surface area contributed by atoms with Crippen molar-refractivity contribution < 1.29 is 29.9 Å². The van der Waals surface area contributed by atoms with Crippen molar-refractivity contribution in [1.29, 1.82) is 0 Å². The minimum Gasteiger partial charge on any atom is -0.394 e. The standard InChI is InChI=1S/C20H43NO6/c1-2-3-4-5-6-7-8-9-10-11-12-21(19(24)17-26-15-13-22)20(25)18-27-16-14-23/h19-20,22-25H,2-18H2,1H3. The Balaban J connectivity index is 4.00. The number of hydrogen-bond donors (Lipinski definition) is 4. The molecule has 0 aromatic carbocycles. The largest absolute Gasteiger partial charge is 0.394 e. The highest BCUT2D eigenvalue weighted by atomic mass is 16.5. The van der Waals surface area contributed by atoms with Gasteiger partial charge in [0.05, 0.1) is 39.6 Å². The van der Waals surface area contributed by atoms with Gasteiger partial charge in [0.1, 0.15) is 12.5 Å². The van der Waals surface area contributed by atoms with E-state index in [0.717, 1.165) is 19.3 Å². The smallest absolute Gasteiger partial charge is 0.133 e. The lowest BCUT2D eigenvalue weighted by molar-refractivity contribution is -0.151. The van der Waals surface area contributed by atoms with Gasteiger partial charge in [-0.15, -0.1) is 0 Å². The van der Waals surface area contributed by atoms with E-state index >= 15 is 0 Å². The van der Waals surface area contributed by atoms with E-state index in [-0.39, 0.29) is 39.6 Å². The average molecular weight is 394 g/mol. The molecular weight excluding hydrogens is 350 g/mol. The first-order valence-electron chi connectivity index (χ1n) is 10.7. The first-order chi connectivity index (χ1) is 13.2. The summed E-state index contributed by atoms with van der Waals surface area (Å²) in [7, 11) is 0. The minimum atomic E-state index is -0.956. The highest BCUT2D eigenvalue weighted by molar-refractivity contribution is 4.66. The van der Waals surface area contributed by atoms with Crippen molar-refractivity contribution in [1.82, 2.24) is 4.90 Å². The summed E-state index contributed by atoms with van der Waals surface area (Å²) in [6.45, 7) is 2.92. The Morgan fingerprint density at radius 3 is 1.48 bits per heavy atom. The summed E-state index contributed by atoms with van der Waals surface area (Å²) in [5, 5.41) is 38.0. The Morgan fingerprint density at radius 1 is 0.667 bits per heavy atom. The number of rotatable bonds is 21. The Morgan fingerprint density at radius 2 is 1.07 bits per heavy atom. The second-order valence-electron chi connectivity index (χ2n) is 6.98. The quantitative estimate of drug-likeness (QED) is 0.174. The van der Waals surface area contributed by atoms with E-state index in [1.54, 1.807) is 4.90 Å². The van der Waals surface area contributed by atoms with Gasteiger partial charge in [-0.2, -0.15) is 0 Å². The van der Waals surface area contributed by atoms with Crippen LogP contribution in [0.25, 0.3) is 0 Å². The van der Waals surface area contributed by atoms with Gasteiger partial charge in [-0.1, -0.05) is 64.7 Å². The van der Waals surface area contributed by atoms with Crippen LogP contribution in [0.3, 0.4) is 0 Å². The summed E-state index contributed by atoms with van der Waals surface area (Å²) in [4.78, 5) is 1.56. The molecule has 0 spiro atoms. The first-order valence-corrected chi connectivity index (χ1v) is 10.7. The van der Waals surface area contributed by atoms with Crippen LogP contribution in [0.1, 0.15) is 71.1 Å². The second-order valence-corrected chi connectivity index (χ2v) is 6.98. The van der Waals surface area contributed by atoms with Gasteiger partial charge in [0.2, 0.25) is 0 Å². The van der Waals surface area contributed by atoms with Crippen molar-refractivity contribution >= 4 is 0 Å². The molecule has 0 amide bonds. The van der Waals surface area contributed by atoms with E-state index in [4.69, 9.17) is 19.7 Å². The normalized spacial score (nSPS) is 14.0. The van der Waals surface area contributed by atoms with Gasteiger partial charge >= 0.3 is 0 Å². The third-order valence-electron chi connectivity index (χ3n) is 4.54. The molecule has 2 atom stereocenters. The van der Waals surface area contributed by atoms with Crippen LogP contribution in [0, 0.1) is 0 Å². The molecule has 0 aromatic rings. The first kappa shape index (κ1) is 26.7. The number of nitrogens with zero attached hydrogens (tertiary/aromatic N) is 1. The molecule has 0 fully saturated rings. The molecule has 0 aliphatic rings. The maximum atomic E-state index is 10.3. The third kappa shape index (κ3) is 16.4. The molecule has 0 bridgehead atoms. The lowest BCUT2D eigenvalue weighted by Crippen LogP contribution is -2.48. The zero-order valence-electron chi connectivity index (χ0n) is 17.2. The highest BCUT2D eigenvalue weighted by Crippen LogP contribution is 2.12. The fourth-order valence-electron chi connectivity index (χ4n) is 2.98. The zero-order chi connectivity index (χ0) is 20.2. The average Bonchev–Trinajstić information content (AvgIpc) is 2.66. The van der Waals surface area contributed by atoms with Crippen LogP contribution in [-0.4, -0.2) is 84.0 Å². The summed E-state index contributed by atoms with van der Waals surface area (Å²) < 4.78 is 10.3. The van der Waals surface area contributed by atoms with Crippen molar-refractivity contribution in [3.05, 3.63) is 0 Å². The van der Waals surface area contributed by atoms with Crippen LogP contribution in [0.4, 0.5) is 0 Å². The predicted molar refractivity (Wildman–Crippen MR) is 106 cm³/mol. The van der Waals surface area contributed by atoms with Crippen LogP contribution in [0.5, 0.6) is 0 Å². The topological polar surface area (TPSA) is 103 Å². The lowest BCUT2D eigenvalue weighted by Gasteiger charge is -2.32. The molecule has 0 saturated carbocycles. The van der Waals surface area contributed by atoms with Gasteiger partial charge in [-0.05, 0) is 6.42 Å². The summed E-state index contributed by atoms with van der Waals surface area (Å²) in [6.07, 6.45) is 10.3. The number of aliphatic hydroxyl groups is 4. The van der Waals surface area contributed by atoms with Crippen LogP contribution >= 0.6 is 0 Å². The second kappa shape index (κ2) is 20.5. The number of hydrogen-bond acceptors (Lipinski definition) is 7. The van der Waals surface area contributed by atoms with E-state index in [9.17, 15) is 10.2 Å². The fraction of sp³-hybridized carbons (Fsp3) is 1.00. The van der Waals surface area contributed by atoms with E-state index in [1.807, 2.05) is 0 Å². The van der Waals surface area contributed by atoms with Crippen LogP contribution in [0.2, 0.25) is 0 Å². The third-order valence-corrected chi connectivity index (χ3v) is 4.54. The van der Waals surface area contributed by atoms with Gasteiger partial charge < -0.3 is 29.9 Å². The molecule has 164 valence electrons. The van der Waals surface area contributed by atoms with Crippen LogP contribution in [0.15, 0.2) is 0 Å². The van der Waals surface area contributed by atoms with Crippen LogP contribution in [-0.2, 0) is 9.47 Å². The van der Waals surface area contributed by atoms with Crippen molar-refractivity contribution in [2.24, 2.45) is 0 Å². The van der Waals surface area contributed by atoms with E-state index < -0.39 is 12.5 Å². The van der Waals surface area contributed by atoms with E-state index in [1.165, 1.54) is 44.9 Å². The molecule has 0 radical (unpaired) electrons. The summed E-state index contributed by atoms with van der Waals surface area (Å²) in [5.74, 6) is 0. The molecule has 2 unspecified atom stereocenters. The van der Waals surface area contributed by atoms with Crippen molar-refractivity contribution in [2.75, 3.05) is 46.2 Å². The Labute approximate surface area is 165 Å². The highest BCUT2D eigenvalue weighted by Gasteiger charge is 2.23. The minimum absolute atomic E-state index is 0.0232. The van der Waals surface area contributed by atoms with Crippen LogP contribution < -0.4 is 0 Å². The summed E-state index contributed by atoms with van der Waals surface area (Å²) in [6, 6.07) is 0. The number of ether oxygens (including phenoxy) is 2. The van der Waals surface area contributed by atoms with E-state index in [2.05, 4.69) is 6.92 Å².